The molecule has 130 valence electrons. The highest BCUT2D eigenvalue weighted by Crippen LogP contribution is 2.32. The molecule has 7 heteroatoms. The first-order valence-electron chi connectivity index (χ1n) is 7.85. The maximum absolute atomic E-state index is 12.7. The van der Waals surface area contributed by atoms with Crippen molar-refractivity contribution in [3.63, 3.8) is 0 Å². The van der Waals surface area contributed by atoms with Crippen LogP contribution in [0.3, 0.4) is 0 Å². The number of rotatable bonds is 7. The van der Waals surface area contributed by atoms with E-state index in [9.17, 15) is 19.7 Å². The first-order valence-corrected chi connectivity index (χ1v) is 8.29. The van der Waals surface area contributed by atoms with E-state index in [1.165, 1.54) is 6.07 Å². The van der Waals surface area contributed by atoms with Gasteiger partial charge in [0.1, 0.15) is 0 Å². The number of non-ortho nitro benzene ring substituents is 1. The summed E-state index contributed by atoms with van der Waals surface area (Å²) in [5.41, 5.74) is 0.712. The van der Waals surface area contributed by atoms with Gasteiger partial charge < -0.3 is 5.32 Å². The van der Waals surface area contributed by atoms with E-state index in [1.54, 1.807) is 30.3 Å². The number of carbonyl (C=O) groups excluding carboxylic acids is 2. The smallest absolute Gasteiger partial charge is 0.270 e. The third kappa shape index (κ3) is 4.45. The summed E-state index contributed by atoms with van der Waals surface area (Å²) in [5.74, 6) is -0.445. The highest BCUT2D eigenvalue weighted by atomic mass is 32.1. The van der Waals surface area contributed by atoms with E-state index in [0.717, 1.165) is 18.9 Å². The van der Waals surface area contributed by atoms with E-state index >= 15 is 0 Å². The van der Waals surface area contributed by atoms with Gasteiger partial charge in [-0.2, -0.15) is 0 Å². The molecule has 0 bridgehead atoms. The van der Waals surface area contributed by atoms with Crippen molar-refractivity contribution >= 4 is 29.3 Å². The number of nitrogens with zero attached hydrogens (tertiary/aromatic N) is 1. The molecule has 0 saturated heterocycles. The number of nitrogens with one attached hydrogen (secondary N) is 1. The number of thiol groups is 1. The van der Waals surface area contributed by atoms with Gasteiger partial charge in [0.2, 0.25) is 5.12 Å². The van der Waals surface area contributed by atoms with Gasteiger partial charge in [-0.3, -0.25) is 19.7 Å². The zero-order chi connectivity index (χ0) is 18.4. The van der Waals surface area contributed by atoms with Crippen LogP contribution in [0.15, 0.2) is 42.5 Å². The lowest BCUT2D eigenvalue weighted by Gasteiger charge is -2.14. The Hall–Kier alpha value is -2.67. The van der Waals surface area contributed by atoms with Crippen LogP contribution in [0.2, 0.25) is 0 Å². The lowest BCUT2D eigenvalue weighted by molar-refractivity contribution is -0.384. The van der Waals surface area contributed by atoms with Crippen molar-refractivity contribution in [2.45, 2.75) is 19.8 Å². The van der Waals surface area contributed by atoms with Crippen LogP contribution in [0.5, 0.6) is 0 Å². The van der Waals surface area contributed by atoms with Gasteiger partial charge in [-0.25, -0.2) is 0 Å². The van der Waals surface area contributed by atoms with Crippen LogP contribution < -0.4 is 5.32 Å². The topological polar surface area (TPSA) is 89.3 Å². The number of hydrogen-bond acceptors (Lipinski definition) is 4. The average molecular weight is 358 g/mol. The van der Waals surface area contributed by atoms with Crippen molar-refractivity contribution in [1.29, 1.82) is 0 Å². The van der Waals surface area contributed by atoms with Crippen LogP contribution in [0.1, 0.15) is 40.5 Å². The Kier molecular flexibility index (Phi) is 6.30. The zero-order valence-electron chi connectivity index (χ0n) is 13.7. The van der Waals surface area contributed by atoms with Gasteiger partial charge in [0.15, 0.2) is 0 Å². The Morgan fingerprint density at radius 2 is 1.88 bits per heavy atom. The Morgan fingerprint density at radius 1 is 1.20 bits per heavy atom. The maximum Gasteiger partial charge on any atom is 0.270 e. The lowest BCUT2D eigenvalue weighted by Crippen LogP contribution is -2.26. The number of amides is 1. The van der Waals surface area contributed by atoms with Crippen molar-refractivity contribution in [3.8, 4) is 11.1 Å². The second-order valence-electron chi connectivity index (χ2n) is 5.45. The van der Waals surface area contributed by atoms with Gasteiger partial charge in [-0.15, -0.1) is 12.6 Å². The highest BCUT2D eigenvalue weighted by molar-refractivity contribution is 7.97. The van der Waals surface area contributed by atoms with E-state index < -0.39 is 15.9 Å². The summed E-state index contributed by atoms with van der Waals surface area (Å²) >= 11 is 3.80. The fourth-order valence-electron chi connectivity index (χ4n) is 2.46. The molecule has 6 nitrogen and oxygen atoms in total. The van der Waals surface area contributed by atoms with E-state index in [4.69, 9.17) is 0 Å². The molecule has 0 heterocycles. The largest absolute Gasteiger partial charge is 0.352 e. The van der Waals surface area contributed by atoms with Crippen molar-refractivity contribution < 1.29 is 14.5 Å². The fraction of sp³-hybridized carbons (Fsp3) is 0.222. The number of nitro benzene ring substituents is 1. The molecule has 0 atom stereocenters. The number of unbranched alkanes of at least 4 members (excludes halogenated alkanes) is 1. The predicted molar refractivity (Wildman–Crippen MR) is 99.1 cm³/mol. The fourth-order valence-corrected chi connectivity index (χ4v) is 2.63. The molecule has 1 amide bonds. The number of benzene rings is 2. The first-order chi connectivity index (χ1) is 12.0. The number of hydrogen-bond donors (Lipinski definition) is 2. The Morgan fingerprint density at radius 3 is 2.44 bits per heavy atom. The molecule has 1 N–H and O–H groups in total. The summed E-state index contributed by atoms with van der Waals surface area (Å²) < 4.78 is 0. The molecule has 25 heavy (non-hydrogen) atoms. The molecular formula is C18H18N2O4S. The standard InChI is InChI=1S/C18H18N2O4S/c1-2-3-9-19-17(21)16-14(12-7-5-4-6-8-12)10-13(20(23)24)11-15(16)18(22)25/h4-8,10-11H,2-3,9H2,1H3,(H,19,21)(H,22,25). The predicted octanol–water partition coefficient (Wildman–Crippen LogP) is 3.86. The van der Waals surface area contributed by atoms with E-state index in [-0.39, 0.29) is 16.8 Å². The van der Waals surface area contributed by atoms with E-state index in [2.05, 4.69) is 17.9 Å². The van der Waals surface area contributed by atoms with Crippen LogP contribution in [0.25, 0.3) is 11.1 Å². The van der Waals surface area contributed by atoms with Gasteiger partial charge in [0.25, 0.3) is 11.6 Å². The molecule has 0 unspecified atom stereocenters. The second kappa shape index (κ2) is 8.43. The van der Waals surface area contributed by atoms with Crippen LogP contribution >= 0.6 is 12.6 Å². The van der Waals surface area contributed by atoms with Crippen LogP contribution in [-0.2, 0) is 0 Å². The summed E-state index contributed by atoms with van der Waals surface area (Å²) in [6, 6.07) is 11.2. The summed E-state index contributed by atoms with van der Waals surface area (Å²) in [7, 11) is 0. The molecule has 2 aromatic rings. The van der Waals surface area contributed by atoms with Crippen LogP contribution in [0, 0.1) is 10.1 Å². The van der Waals surface area contributed by atoms with E-state index in [0.29, 0.717) is 17.7 Å². The van der Waals surface area contributed by atoms with Gasteiger partial charge >= 0.3 is 0 Å². The summed E-state index contributed by atoms with van der Waals surface area (Å²) in [6.07, 6.45) is 1.70. The monoisotopic (exact) mass is 358 g/mol. The SMILES string of the molecule is CCCCNC(=O)c1c(C(=O)S)cc([N+](=O)[O-])cc1-c1ccccc1. The minimum Gasteiger partial charge on any atom is -0.352 e. The first kappa shape index (κ1) is 18.7. The van der Waals surface area contributed by atoms with Crippen molar-refractivity contribution in [2.24, 2.45) is 0 Å². The highest BCUT2D eigenvalue weighted by Gasteiger charge is 2.24. The van der Waals surface area contributed by atoms with Crippen molar-refractivity contribution in [1.82, 2.24) is 5.32 Å². The molecule has 0 spiro atoms. The molecule has 0 saturated carbocycles. The molecule has 2 aromatic carbocycles. The van der Waals surface area contributed by atoms with E-state index in [1.807, 2.05) is 6.92 Å². The molecule has 0 aromatic heterocycles. The maximum atomic E-state index is 12.7. The summed E-state index contributed by atoms with van der Waals surface area (Å²) in [5, 5.41) is 13.3. The number of carbonyl (C=O) groups is 2. The van der Waals surface area contributed by atoms with Crippen LogP contribution in [0.4, 0.5) is 5.69 Å². The molecule has 0 aliphatic heterocycles. The lowest BCUT2D eigenvalue weighted by atomic mass is 9.94. The summed E-state index contributed by atoms with van der Waals surface area (Å²) in [4.78, 5) is 35.2. The third-order valence-corrected chi connectivity index (χ3v) is 3.93. The Balaban J connectivity index is 2.66. The molecular weight excluding hydrogens is 340 g/mol. The Labute approximate surface area is 150 Å². The van der Waals surface area contributed by atoms with Gasteiger partial charge in [0.05, 0.1) is 10.5 Å². The molecule has 0 aliphatic rings. The van der Waals surface area contributed by atoms with Crippen molar-refractivity contribution in [2.75, 3.05) is 6.54 Å². The minimum atomic E-state index is -0.693. The van der Waals surface area contributed by atoms with Gasteiger partial charge in [-0.05, 0) is 12.0 Å². The second-order valence-corrected chi connectivity index (χ2v) is 5.86. The number of nitro groups is 1. The molecule has 0 aliphatic carbocycles. The quantitative estimate of drug-likeness (QED) is 0.340. The molecule has 0 fully saturated rings. The van der Waals surface area contributed by atoms with Gasteiger partial charge in [-0.1, -0.05) is 43.7 Å². The normalized spacial score (nSPS) is 10.3. The third-order valence-electron chi connectivity index (χ3n) is 3.69. The van der Waals surface area contributed by atoms with Crippen molar-refractivity contribution in [3.05, 3.63) is 63.7 Å². The van der Waals surface area contributed by atoms with Crippen LogP contribution in [-0.4, -0.2) is 22.5 Å². The Bertz CT molecular complexity index is 806. The average Bonchev–Trinajstić information content (AvgIpc) is 2.61. The van der Waals surface area contributed by atoms with Gasteiger partial charge in [0, 0.05) is 29.8 Å². The summed E-state index contributed by atoms with van der Waals surface area (Å²) in [6.45, 7) is 2.46. The molecule has 0 radical (unpaired) electrons. The molecule has 2 rings (SSSR count). The zero-order valence-corrected chi connectivity index (χ0v) is 14.6. The minimum absolute atomic E-state index is 0.0783.